The van der Waals surface area contributed by atoms with Gasteiger partial charge in [0, 0.05) is 6.42 Å². The topological polar surface area (TPSA) is 228 Å². The minimum atomic E-state index is -1.80. The number of nitrogens with one attached hydrogen (secondary N) is 1. The van der Waals surface area contributed by atoms with E-state index in [1.54, 1.807) is 6.08 Å². The van der Waals surface area contributed by atoms with Crippen LogP contribution in [0.2, 0.25) is 0 Å². The molecular weight excluding hydrogens is 1010 g/mol. The fraction of sp³-hybridized carbons (Fsp3) is 0.803. The second-order valence-electron chi connectivity index (χ2n) is 22.5. The van der Waals surface area contributed by atoms with Crippen LogP contribution in [-0.2, 0) is 23.7 Å². The van der Waals surface area contributed by atoms with Gasteiger partial charge in [0.25, 0.3) is 0 Å². The zero-order chi connectivity index (χ0) is 58.1. The Balaban J connectivity index is 1.74. The second kappa shape index (κ2) is 50.9. The molecule has 0 aromatic heterocycles. The third-order valence-electron chi connectivity index (χ3n) is 15.4. The molecule has 2 rings (SSSR count). The van der Waals surface area contributed by atoms with Gasteiger partial charge in [-0.25, -0.2) is 0 Å². The van der Waals surface area contributed by atoms with Crippen LogP contribution in [0.4, 0.5) is 0 Å². The third-order valence-corrected chi connectivity index (χ3v) is 15.4. The smallest absolute Gasteiger partial charge is 0.220 e. The zero-order valence-corrected chi connectivity index (χ0v) is 50.1. The third kappa shape index (κ3) is 35.5. The lowest BCUT2D eigenvalue weighted by molar-refractivity contribution is -0.359. The summed E-state index contributed by atoms with van der Waals surface area (Å²) in [4.78, 5) is 13.3. The molecule has 2 aliphatic heterocycles. The molecule has 2 fully saturated rings. The normalized spacial score (nSPS) is 24.7. The Hall–Kier alpha value is -2.57. The van der Waals surface area contributed by atoms with E-state index >= 15 is 0 Å². The van der Waals surface area contributed by atoms with E-state index in [4.69, 9.17) is 18.9 Å². The minimum absolute atomic E-state index is 0.254. The van der Waals surface area contributed by atoms with Crippen LogP contribution in [0.5, 0.6) is 0 Å². The highest BCUT2D eigenvalue weighted by atomic mass is 16.7. The second-order valence-corrected chi connectivity index (χ2v) is 22.5. The van der Waals surface area contributed by atoms with E-state index in [2.05, 4.69) is 79.9 Å². The number of unbranched alkanes of at least 4 members (excludes halogenated alkanes) is 28. The van der Waals surface area contributed by atoms with Crippen molar-refractivity contribution < 1.29 is 64.6 Å². The van der Waals surface area contributed by atoms with E-state index in [9.17, 15) is 45.6 Å². The molecular formula is C66H117NO13. The summed E-state index contributed by atoms with van der Waals surface area (Å²) in [7, 11) is 0. The number of rotatable bonds is 51. The number of amides is 1. The van der Waals surface area contributed by atoms with Crippen molar-refractivity contribution in [2.24, 2.45) is 0 Å². The summed E-state index contributed by atoms with van der Waals surface area (Å²) in [5.74, 6) is -0.264. The standard InChI is InChI=1S/C66H117NO13/c1-3-5-7-9-11-13-15-17-19-21-23-24-25-26-27-28-29-30-32-33-35-37-39-41-43-45-47-49-55(70)54(67-58(71)50-48-46-44-42-40-38-36-34-31-22-20-18-16-14-12-10-8-6-4-2)53-77-65-63(76)61(74)64(57(52-69)79-65)80-66-62(75)60(73)59(72)56(51-68)78-66/h6,8,12,14,18,20,31,34,39,41,47,49,54-57,59-66,68-70,72-76H,3-5,7,9-11,13,15-17,19,21-30,32-33,35-38,40,42-46,48,50-53H2,1-2H3,(H,67,71)/b8-6-,14-12-,20-18-,34-31-,41-39+,49-47+. The number of hydrogen-bond acceptors (Lipinski definition) is 13. The lowest BCUT2D eigenvalue weighted by Gasteiger charge is -2.46. The van der Waals surface area contributed by atoms with Crippen molar-refractivity contribution in [2.75, 3.05) is 19.8 Å². The molecule has 2 saturated heterocycles. The first kappa shape index (κ1) is 73.5. The number of aliphatic hydroxyl groups is 8. The first-order valence-corrected chi connectivity index (χ1v) is 32.2. The highest BCUT2D eigenvalue weighted by Gasteiger charge is 2.51. The molecule has 14 nitrogen and oxygen atoms in total. The van der Waals surface area contributed by atoms with Crippen molar-refractivity contribution in [1.82, 2.24) is 5.32 Å². The van der Waals surface area contributed by atoms with Gasteiger partial charge in [-0.2, -0.15) is 0 Å². The van der Waals surface area contributed by atoms with Gasteiger partial charge in [-0.1, -0.05) is 241 Å². The molecule has 0 aliphatic carbocycles. The Morgan fingerprint density at radius 3 is 1.38 bits per heavy atom. The van der Waals surface area contributed by atoms with Crippen LogP contribution in [-0.4, -0.2) is 140 Å². The largest absolute Gasteiger partial charge is 0.394 e. The Labute approximate surface area is 485 Å². The van der Waals surface area contributed by atoms with Crippen LogP contribution in [0.15, 0.2) is 72.9 Å². The van der Waals surface area contributed by atoms with E-state index in [0.717, 1.165) is 77.0 Å². The molecule has 0 spiro atoms. The van der Waals surface area contributed by atoms with Crippen molar-refractivity contribution in [2.45, 2.75) is 319 Å². The summed E-state index contributed by atoms with van der Waals surface area (Å²) in [5.41, 5.74) is 0. The van der Waals surface area contributed by atoms with Crippen LogP contribution in [0.3, 0.4) is 0 Å². The maximum Gasteiger partial charge on any atom is 0.220 e. The van der Waals surface area contributed by atoms with Gasteiger partial charge in [0.05, 0.1) is 32.0 Å². The number of carbonyl (C=O) groups excluding carboxylic acids is 1. The molecule has 1 amide bonds. The molecule has 2 heterocycles. The Bertz CT molecular complexity index is 1620. The molecule has 0 aromatic rings. The number of hydrogen-bond donors (Lipinski definition) is 9. The fourth-order valence-electron chi connectivity index (χ4n) is 10.2. The van der Waals surface area contributed by atoms with Crippen LogP contribution in [0.25, 0.3) is 0 Å². The van der Waals surface area contributed by atoms with Crippen molar-refractivity contribution in [3.8, 4) is 0 Å². The monoisotopic (exact) mass is 1130 g/mol. The van der Waals surface area contributed by atoms with Crippen molar-refractivity contribution >= 4 is 5.91 Å². The van der Waals surface area contributed by atoms with E-state index in [1.165, 1.54) is 135 Å². The molecule has 12 atom stereocenters. The number of allylic oxidation sites excluding steroid dienone is 11. The maximum atomic E-state index is 13.3. The number of aliphatic hydroxyl groups excluding tert-OH is 8. The van der Waals surface area contributed by atoms with Gasteiger partial charge in [-0.15, -0.1) is 0 Å². The Morgan fingerprint density at radius 1 is 0.463 bits per heavy atom. The number of ether oxygens (including phenoxy) is 4. The average Bonchev–Trinajstić information content (AvgIpc) is 3.48. The van der Waals surface area contributed by atoms with Crippen molar-refractivity contribution in [1.29, 1.82) is 0 Å². The summed E-state index contributed by atoms with van der Waals surface area (Å²) >= 11 is 0. The quantitative estimate of drug-likeness (QED) is 0.0204. The van der Waals surface area contributed by atoms with Gasteiger partial charge in [0.1, 0.15) is 48.8 Å². The van der Waals surface area contributed by atoms with Gasteiger partial charge in [-0.3, -0.25) is 4.79 Å². The van der Waals surface area contributed by atoms with Gasteiger partial charge < -0.3 is 65.1 Å². The predicted molar refractivity (Wildman–Crippen MR) is 323 cm³/mol. The Morgan fingerprint density at radius 2 is 0.875 bits per heavy atom. The van der Waals surface area contributed by atoms with Gasteiger partial charge >= 0.3 is 0 Å². The van der Waals surface area contributed by atoms with E-state index in [0.29, 0.717) is 12.8 Å². The Kier molecular flexibility index (Phi) is 46.8. The van der Waals surface area contributed by atoms with Gasteiger partial charge in [0.2, 0.25) is 5.91 Å². The molecule has 80 heavy (non-hydrogen) atoms. The van der Waals surface area contributed by atoms with E-state index < -0.39 is 86.8 Å². The van der Waals surface area contributed by atoms with Crippen molar-refractivity contribution in [3.63, 3.8) is 0 Å². The molecule has 12 unspecified atom stereocenters. The molecule has 0 aromatic carbocycles. The average molecular weight is 1130 g/mol. The van der Waals surface area contributed by atoms with Crippen LogP contribution in [0, 0.1) is 0 Å². The highest BCUT2D eigenvalue weighted by molar-refractivity contribution is 5.76. The highest BCUT2D eigenvalue weighted by Crippen LogP contribution is 2.30. The summed E-state index contributed by atoms with van der Waals surface area (Å²) in [5, 5.41) is 87.2. The van der Waals surface area contributed by atoms with Gasteiger partial charge in [-0.05, 0) is 70.6 Å². The minimum Gasteiger partial charge on any atom is -0.394 e. The summed E-state index contributed by atoms with van der Waals surface area (Å²) in [6, 6.07) is -0.944. The lowest BCUT2D eigenvalue weighted by Crippen LogP contribution is -2.65. The van der Waals surface area contributed by atoms with E-state index in [-0.39, 0.29) is 18.9 Å². The van der Waals surface area contributed by atoms with E-state index in [1.807, 2.05) is 6.08 Å². The summed E-state index contributed by atoms with van der Waals surface area (Å²) in [6.45, 7) is 2.67. The van der Waals surface area contributed by atoms with Crippen LogP contribution in [0.1, 0.15) is 245 Å². The SMILES string of the molecule is CC/C=C\C/C=C\C/C=C\C/C=C\CCCCCCCCC(=O)NC(COC1OC(CO)C(OC2OC(CO)C(O)C(O)C2O)C(O)C1O)C(O)/C=C/CC/C=C/CCCCCCCCCCCCCCCCCCCCCCC. The molecule has 9 N–H and O–H groups in total. The molecule has 0 saturated carbocycles. The molecule has 14 heteroatoms. The molecule has 0 bridgehead atoms. The fourth-order valence-corrected chi connectivity index (χ4v) is 10.2. The van der Waals surface area contributed by atoms with Crippen molar-refractivity contribution in [3.05, 3.63) is 72.9 Å². The number of carbonyl (C=O) groups is 1. The van der Waals surface area contributed by atoms with Crippen LogP contribution < -0.4 is 5.32 Å². The lowest BCUT2D eigenvalue weighted by atomic mass is 9.97. The molecule has 464 valence electrons. The first-order valence-electron chi connectivity index (χ1n) is 32.2. The molecule has 0 radical (unpaired) electrons. The first-order chi connectivity index (χ1) is 39.1. The maximum absolute atomic E-state index is 13.3. The molecule has 2 aliphatic rings. The van der Waals surface area contributed by atoms with Crippen LogP contribution >= 0.6 is 0 Å². The zero-order valence-electron chi connectivity index (χ0n) is 50.1. The van der Waals surface area contributed by atoms with Gasteiger partial charge in [0.15, 0.2) is 12.6 Å². The summed E-state index contributed by atoms with van der Waals surface area (Å²) in [6.07, 6.45) is 50.9. The predicted octanol–water partition coefficient (Wildman–Crippen LogP) is 11.9. The summed E-state index contributed by atoms with van der Waals surface area (Å²) < 4.78 is 22.8.